The molecule has 0 saturated heterocycles. The number of carbonyl (C=O) groups excluding carboxylic acids is 1. The van der Waals surface area contributed by atoms with Crippen molar-refractivity contribution in [3.63, 3.8) is 0 Å². The highest BCUT2D eigenvalue weighted by Crippen LogP contribution is 2.27. The predicted molar refractivity (Wildman–Crippen MR) is 82.0 cm³/mol. The predicted octanol–water partition coefficient (Wildman–Crippen LogP) is 2.60. The van der Waals surface area contributed by atoms with Crippen molar-refractivity contribution in [1.29, 1.82) is 0 Å². The van der Waals surface area contributed by atoms with Gasteiger partial charge in [0.15, 0.2) is 0 Å². The highest BCUT2D eigenvalue weighted by Gasteiger charge is 2.13. The Balaban J connectivity index is 2.68. The van der Waals surface area contributed by atoms with Gasteiger partial charge in [-0.15, -0.1) is 0 Å². The van der Waals surface area contributed by atoms with Gasteiger partial charge in [0.25, 0.3) is 0 Å². The third-order valence-corrected chi connectivity index (χ3v) is 3.23. The summed E-state index contributed by atoms with van der Waals surface area (Å²) in [7, 11) is 3.52. The minimum absolute atomic E-state index is 0.0844. The van der Waals surface area contributed by atoms with Gasteiger partial charge in [-0.05, 0) is 19.0 Å². The Morgan fingerprint density at radius 2 is 2.00 bits per heavy atom. The lowest BCUT2D eigenvalue weighted by Gasteiger charge is -2.20. The van der Waals surface area contributed by atoms with E-state index in [9.17, 15) is 4.79 Å². The van der Waals surface area contributed by atoms with Crippen molar-refractivity contribution in [2.24, 2.45) is 0 Å². The lowest BCUT2D eigenvalue weighted by Crippen LogP contribution is -2.24. The first kappa shape index (κ1) is 16.5. The standard InChI is InChI=1S/C16H26N2O2/c1-5-14(17-6-2)13-9-7-8-10-15(13)20-12-11-16(19)18(3)4/h7-10,14,17H,5-6,11-12H2,1-4H3. The number of ether oxygens (including phenoxy) is 1. The topological polar surface area (TPSA) is 41.6 Å². The molecule has 0 spiro atoms. The summed E-state index contributed by atoms with van der Waals surface area (Å²) in [6, 6.07) is 8.33. The van der Waals surface area contributed by atoms with Crippen molar-refractivity contribution in [3.05, 3.63) is 29.8 Å². The monoisotopic (exact) mass is 278 g/mol. The van der Waals surface area contributed by atoms with E-state index in [4.69, 9.17) is 4.74 Å². The second-order valence-electron chi connectivity index (χ2n) is 4.94. The van der Waals surface area contributed by atoms with Gasteiger partial charge in [-0.3, -0.25) is 4.79 Å². The molecule has 0 fully saturated rings. The molecular formula is C16H26N2O2. The molecule has 1 aromatic carbocycles. The molecular weight excluding hydrogens is 252 g/mol. The van der Waals surface area contributed by atoms with Crippen LogP contribution in [-0.2, 0) is 4.79 Å². The summed E-state index contributed by atoms with van der Waals surface area (Å²) >= 11 is 0. The van der Waals surface area contributed by atoms with Crippen molar-refractivity contribution in [1.82, 2.24) is 10.2 Å². The molecule has 1 aromatic rings. The average Bonchev–Trinajstić information content (AvgIpc) is 2.45. The lowest BCUT2D eigenvalue weighted by atomic mass is 10.0. The van der Waals surface area contributed by atoms with Crippen LogP contribution >= 0.6 is 0 Å². The smallest absolute Gasteiger partial charge is 0.225 e. The fourth-order valence-corrected chi connectivity index (χ4v) is 2.09. The van der Waals surface area contributed by atoms with E-state index in [1.54, 1.807) is 19.0 Å². The second-order valence-corrected chi connectivity index (χ2v) is 4.94. The molecule has 1 N–H and O–H groups in total. The quantitative estimate of drug-likeness (QED) is 0.794. The number of nitrogens with zero attached hydrogens (tertiary/aromatic N) is 1. The first-order valence-corrected chi connectivity index (χ1v) is 7.25. The van der Waals surface area contributed by atoms with Crippen LogP contribution in [0.1, 0.15) is 38.3 Å². The number of para-hydroxylation sites is 1. The zero-order valence-corrected chi connectivity index (χ0v) is 13.0. The van der Waals surface area contributed by atoms with Crippen LogP contribution in [0, 0.1) is 0 Å². The van der Waals surface area contributed by atoms with Crippen LogP contribution in [0.3, 0.4) is 0 Å². The maximum absolute atomic E-state index is 11.5. The van der Waals surface area contributed by atoms with Crippen LogP contribution in [-0.4, -0.2) is 38.1 Å². The maximum Gasteiger partial charge on any atom is 0.225 e. The SMILES string of the molecule is CCNC(CC)c1ccccc1OCCC(=O)N(C)C. The van der Waals surface area contributed by atoms with Gasteiger partial charge in [0.05, 0.1) is 13.0 Å². The third-order valence-electron chi connectivity index (χ3n) is 3.23. The molecule has 1 unspecified atom stereocenters. The molecule has 0 aromatic heterocycles. The zero-order valence-electron chi connectivity index (χ0n) is 13.0. The number of carbonyl (C=O) groups is 1. The molecule has 4 nitrogen and oxygen atoms in total. The van der Waals surface area contributed by atoms with Gasteiger partial charge in [-0.1, -0.05) is 32.0 Å². The first-order chi connectivity index (χ1) is 9.60. The van der Waals surface area contributed by atoms with Crippen molar-refractivity contribution < 1.29 is 9.53 Å². The molecule has 0 radical (unpaired) electrons. The fourth-order valence-electron chi connectivity index (χ4n) is 2.09. The summed E-state index contributed by atoms with van der Waals surface area (Å²) in [6.07, 6.45) is 1.41. The summed E-state index contributed by atoms with van der Waals surface area (Å²) in [5, 5.41) is 3.45. The Labute approximate surface area is 122 Å². The minimum atomic E-state index is 0.0844. The van der Waals surface area contributed by atoms with Crippen LogP contribution < -0.4 is 10.1 Å². The molecule has 1 amide bonds. The van der Waals surface area contributed by atoms with Crippen LogP contribution in [0.2, 0.25) is 0 Å². The van der Waals surface area contributed by atoms with Gasteiger partial charge < -0.3 is 15.0 Å². The molecule has 1 rings (SSSR count). The first-order valence-electron chi connectivity index (χ1n) is 7.25. The van der Waals surface area contributed by atoms with Crippen molar-refractivity contribution >= 4 is 5.91 Å². The number of hydrogen-bond acceptors (Lipinski definition) is 3. The average molecular weight is 278 g/mol. The molecule has 0 aliphatic heterocycles. The van der Waals surface area contributed by atoms with E-state index < -0.39 is 0 Å². The van der Waals surface area contributed by atoms with E-state index in [0.29, 0.717) is 19.1 Å². The minimum Gasteiger partial charge on any atom is -0.493 e. The highest BCUT2D eigenvalue weighted by molar-refractivity contribution is 5.75. The number of hydrogen-bond donors (Lipinski definition) is 1. The second kappa shape index (κ2) is 8.59. The maximum atomic E-state index is 11.5. The molecule has 0 heterocycles. The normalized spacial score (nSPS) is 12.0. The van der Waals surface area contributed by atoms with E-state index in [-0.39, 0.29) is 5.91 Å². The Hall–Kier alpha value is -1.55. The van der Waals surface area contributed by atoms with Crippen LogP contribution in [0.5, 0.6) is 5.75 Å². The van der Waals surface area contributed by atoms with E-state index in [0.717, 1.165) is 24.3 Å². The Bertz CT molecular complexity index is 419. The van der Waals surface area contributed by atoms with Crippen LogP contribution in [0.4, 0.5) is 0 Å². The summed E-state index contributed by atoms with van der Waals surface area (Å²) < 4.78 is 5.80. The van der Waals surface area contributed by atoms with Crippen molar-refractivity contribution in [3.8, 4) is 5.75 Å². The van der Waals surface area contributed by atoms with Crippen LogP contribution in [0.15, 0.2) is 24.3 Å². The lowest BCUT2D eigenvalue weighted by molar-refractivity contribution is -0.129. The number of rotatable bonds is 8. The largest absolute Gasteiger partial charge is 0.493 e. The zero-order chi connectivity index (χ0) is 15.0. The molecule has 0 aliphatic carbocycles. The molecule has 112 valence electrons. The molecule has 0 saturated carbocycles. The Morgan fingerprint density at radius 3 is 2.60 bits per heavy atom. The van der Waals surface area contributed by atoms with E-state index in [2.05, 4.69) is 25.2 Å². The van der Waals surface area contributed by atoms with E-state index >= 15 is 0 Å². The summed E-state index contributed by atoms with van der Waals surface area (Å²) in [6.45, 7) is 5.59. The van der Waals surface area contributed by atoms with Gasteiger partial charge in [0, 0.05) is 25.7 Å². The van der Waals surface area contributed by atoms with Crippen molar-refractivity contribution in [2.75, 3.05) is 27.2 Å². The molecule has 20 heavy (non-hydrogen) atoms. The van der Waals surface area contributed by atoms with Gasteiger partial charge in [0.1, 0.15) is 5.75 Å². The van der Waals surface area contributed by atoms with Gasteiger partial charge in [-0.25, -0.2) is 0 Å². The number of nitrogens with one attached hydrogen (secondary N) is 1. The molecule has 0 bridgehead atoms. The Morgan fingerprint density at radius 1 is 1.30 bits per heavy atom. The molecule has 4 heteroatoms. The van der Waals surface area contributed by atoms with E-state index in [1.807, 2.05) is 18.2 Å². The van der Waals surface area contributed by atoms with Gasteiger partial charge in [0.2, 0.25) is 5.91 Å². The van der Waals surface area contributed by atoms with Gasteiger partial charge in [-0.2, -0.15) is 0 Å². The third kappa shape index (κ3) is 4.85. The Kier molecular flexibility index (Phi) is 7.09. The van der Waals surface area contributed by atoms with Crippen molar-refractivity contribution in [2.45, 2.75) is 32.7 Å². The summed E-state index contributed by atoms with van der Waals surface area (Å²) in [4.78, 5) is 13.1. The fraction of sp³-hybridized carbons (Fsp3) is 0.562. The molecule has 1 atom stereocenters. The highest BCUT2D eigenvalue weighted by atomic mass is 16.5. The molecule has 0 aliphatic rings. The summed E-state index contributed by atoms with van der Waals surface area (Å²) in [5.74, 6) is 0.952. The van der Waals surface area contributed by atoms with Gasteiger partial charge >= 0.3 is 0 Å². The number of benzene rings is 1. The summed E-state index contributed by atoms with van der Waals surface area (Å²) in [5.41, 5.74) is 1.16. The van der Waals surface area contributed by atoms with E-state index in [1.165, 1.54) is 0 Å². The number of amides is 1. The van der Waals surface area contributed by atoms with Crippen LogP contribution in [0.25, 0.3) is 0 Å².